The number of rotatable bonds is 8. The summed E-state index contributed by atoms with van der Waals surface area (Å²) in [6.07, 6.45) is 5.46. The summed E-state index contributed by atoms with van der Waals surface area (Å²) in [7, 11) is 0. The van der Waals surface area contributed by atoms with Crippen LogP contribution in [0.2, 0.25) is 0 Å². The summed E-state index contributed by atoms with van der Waals surface area (Å²) < 4.78 is 5.59. The molecule has 1 aliphatic rings. The Hall–Kier alpha value is -2.77. The van der Waals surface area contributed by atoms with E-state index >= 15 is 0 Å². The zero-order valence-corrected chi connectivity index (χ0v) is 18.4. The van der Waals surface area contributed by atoms with E-state index in [2.05, 4.69) is 20.9 Å². The predicted octanol–water partition coefficient (Wildman–Crippen LogP) is 4.10. The van der Waals surface area contributed by atoms with E-state index in [0.717, 1.165) is 43.3 Å². The van der Waals surface area contributed by atoms with Gasteiger partial charge in [0.15, 0.2) is 0 Å². The molecule has 31 heavy (non-hydrogen) atoms. The highest BCUT2D eigenvalue weighted by atomic mass is 32.2. The van der Waals surface area contributed by atoms with Crippen LogP contribution in [0.3, 0.4) is 0 Å². The Morgan fingerprint density at radius 3 is 2.55 bits per heavy atom. The van der Waals surface area contributed by atoms with Crippen LogP contribution >= 0.6 is 11.8 Å². The van der Waals surface area contributed by atoms with Gasteiger partial charge in [0.2, 0.25) is 0 Å². The third-order valence-corrected chi connectivity index (χ3v) is 6.34. The minimum Gasteiger partial charge on any atom is -0.410 e. The Kier molecular flexibility index (Phi) is 7.63. The van der Waals surface area contributed by atoms with E-state index in [1.807, 2.05) is 60.9 Å². The number of thioether (sulfide) groups is 1. The number of aromatic amines is 1. The molecule has 0 aliphatic carbocycles. The number of nitrogens with one attached hydrogen (secondary N) is 1. The van der Waals surface area contributed by atoms with Crippen molar-refractivity contribution in [2.75, 3.05) is 38.5 Å². The lowest BCUT2D eigenvalue weighted by Crippen LogP contribution is -2.49. The molecule has 4 rings (SSSR count). The molecule has 1 fully saturated rings. The molecule has 1 saturated heterocycles. The molecule has 0 spiro atoms. The number of nitrogens with zero attached hydrogens (tertiary/aromatic N) is 3. The molecule has 0 radical (unpaired) electrons. The molecule has 1 aliphatic heterocycles. The minimum absolute atomic E-state index is 0.262. The van der Waals surface area contributed by atoms with Gasteiger partial charge in [-0.1, -0.05) is 18.2 Å². The Morgan fingerprint density at radius 1 is 1.00 bits per heavy atom. The van der Waals surface area contributed by atoms with Crippen LogP contribution in [-0.2, 0) is 12.8 Å². The third kappa shape index (κ3) is 6.60. The van der Waals surface area contributed by atoms with Gasteiger partial charge in [0.25, 0.3) is 0 Å². The molecule has 1 amide bonds. The summed E-state index contributed by atoms with van der Waals surface area (Å²) in [5.41, 5.74) is 2.47. The van der Waals surface area contributed by atoms with Gasteiger partial charge < -0.3 is 14.6 Å². The summed E-state index contributed by atoms with van der Waals surface area (Å²) in [4.78, 5) is 24.3. The van der Waals surface area contributed by atoms with E-state index in [1.54, 1.807) is 16.7 Å². The first kappa shape index (κ1) is 21.5. The minimum atomic E-state index is -0.262. The number of carbonyl (C=O) groups is 1. The number of benzene rings is 1. The number of hydrogen-bond donors (Lipinski definition) is 1. The largest absolute Gasteiger partial charge is 0.415 e. The van der Waals surface area contributed by atoms with E-state index in [0.29, 0.717) is 18.8 Å². The summed E-state index contributed by atoms with van der Waals surface area (Å²) in [5, 5.41) is 1.04. The highest BCUT2D eigenvalue weighted by Gasteiger charge is 2.22. The lowest BCUT2D eigenvalue weighted by Gasteiger charge is -2.33. The highest BCUT2D eigenvalue weighted by molar-refractivity contribution is 7.99. The van der Waals surface area contributed by atoms with Gasteiger partial charge in [-0.05, 0) is 48.4 Å². The standard InChI is InChI=1S/C24H28N4O2S/c29-24(28-17-15-27(16-18-28)14-10-21-4-3-13-25-21)30-22-8-6-20(7-9-22)11-19-31-23-5-1-2-12-26-23/h1-9,12-13,25H,10-11,14-19H2. The average Bonchev–Trinajstić information content (AvgIpc) is 3.34. The molecule has 0 saturated carbocycles. The van der Waals surface area contributed by atoms with Crippen molar-refractivity contribution in [2.24, 2.45) is 0 Å². The predicted molar refractivity (Wildman–Crippen MR) is 124 cm³/mol. The fourth-order valence-corrected chi connectivity index (χ4v) is 4.41. The molecule has 0 bridgehead atoms. The van der Waals surface area contributed by atoms with E-state index < -0.39 is 0 Å². The number of carbonyl (C=O) groups excluding carboxylic acids is 1. The fourth-order valence-electron chi connectivity index (χ4n) is 3.55. The van der Waals surface area contributed by atoms with Gasteiger partial charge in [-0.25, -0.2) is 9.78 Å². The smallest absolute Gasteiger partial charge is 0.410 e. The van der Waals surface area contributed by atoms with Gasteiger partial charge in [-0.2, -0.15) is 0 Å². The van der Waals surface area contributed by atoms with E-state index in [-0.39, 0.29) is 6.09 Å². The molecule has 2 aromatic heterocycles. The van der Waals surface area contributed by atoms with Gasteiger partial charge in [0.1, 0.15) is 5.75 Å². The molecule has 1 N–H and O–H groups in total. The molecule has 3 heterocycles. The van der Waals surface area contributed by atoms with Crippen molar-refractivity contribution in [1.82, 2.24) is 19.8 Å². The summed E-state index contributed by atoms with van der Waals surface area (Å²) in [6, 6.07) is 17.9. The van der Waals surface area contributed by atoms with Crippen molar-refractivity contribution < 1.29 is 9.53 Å². The molecular formula is C24H28N4O2S. The van der Waals surface area contributed by atoms with Gasteiger partial charge >= 0.3 is 6.09 Å². The van der Waals surface area contributed by atoms with E-state index in [4.69, 9.17) is 4.74 Å². The fraction of sp³-hybridized carbons (Fsp3) is 0.333. The number of aryl methyl sites for hydroxylation is 1. The molecule has 6 nitrogen and oxygen atoms in total. The van der Waals surface area contributed by atoms with E-state index in [9.17, 15) is 4.79 Å². The molecule has 3 aromatic rings. The van der Waals surface area contributed by atoms with Crippen LogP contribution in [0.5, 0.6) is 5.75 Å². The number of aromatic nitrogens is 2. The normalized spacial score (nSPS) is 14.5. The van der Waals surface area contributed by atoms with Crippen molar-refractivity contribution in [1.29, 1.82) is 0 Å². The maximum absolute atomic E-state index is 12.5. The van der Waals surface area contributed by atoms with Crippen molar-refractivity contribution in [3.63, 3.8) is 0 Å². The second kappa shape index (κ2) is 11.0. The lowest BCUT2D eigenvalue weighted by molar-refractivity contribution is 0.111. The van der Waals surface area contributed by atoms with Crippen LogP contribution in [0.15, 0.2) is 72.0 Å². The topological polar surface area (TPSA) is 61.5 Å². The van der Waals surface area contributed by atoms with Crippen LogP contribution < -0.4 is 4.74 Å². The number of hydrogen-bond acceptors (Lipinski definition) is 5. The Bertz CT molecular complexity index is 924. The SMILES string of the molecule is O=C(Oc1ccc(CCSc2ccccn2)cc1)N1CCN(CCc2ccc[nH]2)CC1. The van der Waals surface area contributed by atoms with Crippen LogP contribution in [0.25, 0.3) is 0 Å². The summed E-state index contributed by atoms with van der Waals surface area (Å²) in [5.74, 6) is 1.56. The summed E-state index contributed by atoms with van der Waals surface area (Å²) in [6.45, 7) is 4.16. The van der Waals surface area contributed by atoms with Gasteiger partial charge in [-0.15, -0.1) is 11.8 Å². The van der Waals surface area contributed by atoms with Crippen LogP contribution in [0.1, 0.15) is 11.3 Å². The van der Waals surface area contributed by atoms with Crippen molar-refractivity contribution in [3.05, 3.63) is 78.2 Å². The van der Waals surface area contributed by atoms with Crippen LogP contribution in [0.4, 0.5) is 4.79 Å². The molecule has 7 heteroatoms. The monoisotopic (exact) mass is 436 g/mol. The maximum atomic E-state index is 12.5. The summed E-state index contributed by atoms with van der Waals surface area (Å²) >= 11 is 1.74. The number of piperazine rings is 1. The first-order valence-electron chi connectivity index (χ1n) is 10.7. The van der Waals surface area contributed by atoms with Gasteiger partial charge in [0.05, 0.1) is 5.03 Å². The third-order valence-electron chi connectivity index (χ3n) is 5.40. The quantitative estimate of drug-likeness (QED) is 0.539. The zero-order chi connectivity index (χ0) is 21.3. The van der Waals surface area contributed by atoms with Crippen molar-refractivity contribution in [3.8, 4) is 5.75 Å². The highest BCUT2D eigenvalue weighted by Crippen LogP contribution is 2.18. The number of ether oxygens (including phenoxy) is 1. The Morgan fingerprint density at radius 2 is 1.84 bits per heavy atom. The van der Waals surface area contributed by atoms with Crippen molar-refractivity contribution in [2.45, 2.75) is 17.9 Å². The second-order valence-corrected chi connectivity index (χ2v) is 8.67. The zero-order valence-electron chi connectivity index (χ0n) is 17.6. The molecular weight excluding hydrogens is 408 g/mol. The van der Waals surface area contributed by atoms with Crippen molar-refractivity contribution >= 4 is 17.9 Å². The molecule has 1 aromatic carbocycles. The first-order chi connectivity index (χ1) is 15.3. The molecule has 0 atom stereocenters. The average molecular weight is 437 g/mol. The Labute approximate surface area is 187 Å². The molecule has 0 unspecified atom stereocenters. The van der Waals surface area contributed by atoms with Gasteiger partial charge in [0, 0.05) is 63.0 Å². The number of amides is 1. The maximum Gasteiger partial charge on any atom is 0.415 e. The lowest BCUT2D eigenvalue weighted by atomic mass is 10.2. The Balaban J connectivity index is 1.16. The van der Waals surface area contributed by atoms with E-state index in [1.165, 1.54) is 11.3 Å². The van der Waals surface area contributed by atoms with Crippen LogP contribution in [-0.4, -0.2) is 64.3 Å². The number of pyridine rings is 1. The first-order valence-corrected chi connectivity index (χ1v) is 11.7. The number of H-pyrrole nitrogens is 1. The second-order valence-electron chi connectivity index (χ2n) is 7.55. The van der Waals surface area contributed by atoms with Crippen LogP contribution in [0, 0.1) is 0 Å². The van der Waals surface area contributed by atoms with Gasteiger partial charge in [-0.3, -0.25) is 4.90 Å². The molecule has 162 valence electrons.